The van der Waals surface area contributed by atoms with Crippen molar-refractivity contribution < 1.29 is 19.4 Å². The Morgan fingerprint density at radius 1 is 0.463 bits per heavy atom. The maximum atomic E-state index is 16.1. The van der Waals surface area contributed by atoms with E-state index >= 15 is 9.59 Å². The number of nitrogens with zero attached hydrogens (tertiary/aromatic N) is 2. The van der Waals surface area contributed by atoms with Crippen LogP contribution in [0.5, 0.6) is 0 Å². The summed E-state index contributed by atoms with van der Waals surface area (Å²) in [6, 6.07) is 13.7. The number of carbonyl (C=O) groups excluding carboxylic acids is 2. The first-order valence-corrected chi connectivity index (χ1v) is 36.3. The molecule has 2 aliphatic rings. The summed E-state index contributed by atoms with van der Waals surface area (Å²) in [5.41, 5.74) is 4.95. The second-order valence-corrected chi connectivity index (χ2v) is 30.9. The highest BCUT2D eigenvalue weighted by Crippen LogP contribution is 2.53. The highest BCUT2D eigenvalue weighted by molar-refractivity contribution is 7.30. The van der Waals surface area contributed by atoms with E-state index < -0.39 is 6.29 Å². The molecule has 6 nitrogen and oxygen atoms in total. The second-order valence-electron chi connectivity index (χ2n) is 26.6. The van der Waals surface area contributed by atoms with Crippen LogP contribution in [0.1, 0.15) is 293 Å². The zero-order valence-corrected chi connectivity index (χ0v) is 56.6. The molecule has 3 atom stereocenters. The molecule has 0 aliphatic carbocycles. The van der Waals surface area contributed by atoms with Crippen LogP contribution in [0.3, 0.4) is 0 Å². The molecule has 0 saturated carbocycles. The molecule has 0 radical (unpaired) electrons. The summed E-state index contributed by atoms with van der Waals surface area (Å²) >= 11 is 7.23. The number of fused-ring (bicyclic) bond motifs is 4. The summed E-state index contributed by atoms with van der Waals surface area (Å²) in [5, 5.41) is 14.1. The Labute approximate surface area is 514 Å². The first-order chi connectivity index (χ1) is 39.5. The fourth-order valence-electron chi connectivity index (χ4n) is 12.8. The summed E-state index contributed by atoms with van der Waals surface area (Å²) < 4.78 is 8.29. The minimum atomic E-state index is -1.03. The average Bonchev–Trinajstić information content (AvgIpc) is 2.21. The maximum Gasteiger partial charge on any atom is 0.261 e. The molecule has 7 rings (SSSR count). The number of hydrogen-bond acceptors (Lipinski definition) is 8. The first kappa shape index (κ1) is 66.4. The Morgan fingerprint density at radius 3 is 1.34 bits per heavy atom. The number of ether oxygens (including phenoxy) is 1. The van der Waals surface area contributed by atoms with E-state index in [-0.39, 0.29) is 22.6 Å². The lowest BCUT2D eigenvalue weighted by Gasteiger charge is -2.29. The lowest BCUT2D eigenvalue weighted by atomic mass is 9.91. The van der Waals surface area contributed by atoms with E-state index in [1.807, 2.05) is 22.7 Å². The quantitative estimate of drug-likeness (QED) is 0.0316. The van der Waals surface area contributed by atoms with Gasteiger partial charge in [0.2, 0.25) is 0 Å². The van der Waals surface area contributed by atoms with Crippen LogP contribution in [0.15, 0.2) is 47.5 Å². The van der Waals surface area contributed by atoms with Crippen LogP contribution in [0, 0.1) is 11.8 Å². The lowest BCUT2D eigenvalue weighted by molar-refractivity contribution is -0.124. The van der Waals surface area contributed by atoms with Crippen molar-refractivity contribution in [2.45, 2.75) is 279 Å². The number of benzene rings is 1. The van der Waals surface area contributed by atoms with E-state index in [9.17, 15) is 5.11 Å². The molecule has 82 heavy (non-hydrogen) atoms. The largest absolute Gasteiger partial charge is 0.364 e. The van der Waals surface area contributed by atoms with Crippen LogP contribution in [0.2, 0.25) is 0 Å². The molecule has 5 aromatic rings. The van der Waals surface area contributed by atoms with Crippen molar-refractivity contribution >= 4 is 88.7 Å². The number of unbranched alkanes of at least 4 members (excludes halogenated alkanes) is 19. The molecule has 4 aromatic heterocycles. The van der Waals surface area contributed by atoms with E-state index in [0.29, 0.717) is 36.1 Å². The van der Waals surface area contributed by atoms with Gasteiger partial charge in [0.15, 0.2) is 6.29 Å². The summed E-state index contributed by atoms with van der Waals surface area (Å²) in [4.78, 5) is 43.4. The van der Waals surface area contributed by atoms with E-state index in [1.54, 1.807) is 29.8 Å². The Kier molecular flexibility index (Phi) is 25.9. The van der Waals surface area contributed by atoms with Crippen molar-refractivity contribution in [2.75, 3.05) is 20.2 Å². The number of aliphatic hydroxyl groups excluding tert-OH is 1. The van der Waals surface area contributed by atoms with Crippen molar-refractivity contribution in [1.82, 2.24) is 9.80 Å². The predicted octanol–water partition coefficient (Wildman–Crippen LogP) is 22.7. The zero-order chi connectivity index (χ0) is 59.0. The van der Waals surface area contributed by atoms with Crippen molar-refractivity contribution in [3.63, 3.8) is 0 Å². The van der Waals surface area contributed by atoms with Gasteiger partial charge in [0.05, 0.1) is 41.7 Å². The molecule has 2 aliphatic heterocycles. The molecule has 0 saturated heterocycles. The molecule has 1 N–H and O–H groups in total. The molecule has 454 valence electrons. The Balaban J connectivity index is 1.40. The van der Waals surface area contributed by atoms with Gasteiger partial charge in [0.25, 0.3) is 11.8 Å². The van der Waals surface area contributed by atoms with Crippen LogP contribution in [0.25, 0.3) is 41.3 Å². The fourth-order valence-corrected chi connectivity index (χ4v) is 17.6. The number of hydrogen-bond donors (Lipinski definition) is 1. The van der Waals surface area contributed by atoms with Gasteiger partial charge in [-0.1, -0.05) is 224 Å². The normalized spacial score (nSPS) is 15.5. The van der Waals surface area contributed by atoms with E-state index in [4.69, 9.17) is 4.74 Å². The number of carbonyl (C=O) groups is 2. The number of thiophene rings is 4. The van der Waals surface area contributed by atoms with Crippen LogP contribution in [0.4, 0.5) is 0 Å². The minimum Gasteiger partial charge on any atom is -0.364 e. The van der Waals surface area contributed by atoms with Crippen molar-refractivity contribution in [3.8, 4) is 9.75 Å². The van der Waals surface area contributed by atoms with Crippen molar-refractivity contribution in [3.05, 3.63) is 78.2 Å². The van der Waals surface area contributed by atoms with Crippen LogP contribution >= 0.6 is 45.3 Å². The number of rotatable bonds is 38. The molecule has 0 fully saturated rings. The summed E-state index contributed by atoms with van der Waals surface area (Å²) in [5.74, 6) is 0.737. The Bertz CT molecular complexity index is 2880. The maximum absolute atomic E-state index is 16.1. The van der Waals surface area contributed by atoms with Gasteiger partial charge in [-0.25, -0.2) is 0 Å². The van der Waals surface area contributed by atoms with E-state index in [0.717, 1.165) is 88.3 Å². The standard InChI is InChI=1S/C72H108N2O4S4/c1-13-18-23-28-30-34-39-50(37-32-25-20-15-3)48-73-64(56-43-42-55(79-56)58-46-53-52(41-36-27-22-17-5)61(70(77)78-12)54-47-60(72(9,10)11)82-67(54)66(53)81-58)62-63(69(73)76)65(57-44-45-59(80-57)71(6,7)8)74(68(62)75)49-51(38-33-26-21-16-4)40-35-31-29-24-19-14-2/h42-47,50-51,70,77H,13-41,48-49H2,1-12H3. The van der Waals surface area contributed by atoms with Crippen LogP contribution < -0.4 is 0 Å². The molecular weight excluding hydrogens is 1090 g/mol. The van der Waals surface area contributed by atoms with Gasteiger partial charge < -0.3 is 19.6 Å². The number of amides is 2. The molecule has 6 heterocycles. The summed E-state index contributed by atoms with van der Waals surface area (Å²) in [7, 11) is 1.62. The van der Waals surface area contributed by atoms with Gasteiger partial charge in [-0.2, -0.15) is 0 Å². The van der Waals surface area contributed by atoms with Crippen molar-refractivity contribution in [1.29, 1.82) is 0 Å². The predicted molar refractivity (Wildman–Crippen MR) is 360 cm³/mol. The first-order valence-electron chi connectivity index (χ1n) is 33.1. The molecule has 10 heteroatoms. The van der Waals surface area contributed by atoms with Gasteiger partial charge in [-0.15, -0.1) is 45.3 Å². The fraction of sp³-hybridized carbons (Fsp3) is 0.667. The minimum absolute atomic E-state index is 0.0157. The Hall–Kier alpha value is -3.12. The Morgan fingerprint density at radius 2 is 0.878 bits per heavy atom. The third-order valence-corrected chi connectivity index (χ3v) is 23.4. The lowest BCUT2D eigenvalue weighted by Crippen LogP contribution is -2.34. The van der Waals surface area contributed by atoms with Gasteiger partial charge >= 0.3 is 0 Å². The third-order valence-electron chi connectivity index (χ3n) is 17.7. The summed E-state index contributed by atoms with van der Waals surface area (Å²) in [6.07, 6.45) is 33.5. The average molecular weight is 1190 g/mol. The topological polar surface area (TPSA) is 70.1 Å². The van der Waals surface area contributed by atoms with Gasteiger partial charge in [0, 0.05) is 50.7 Å². The smallest absolute Gasteiger partial charge is 0.261 e. The van der Waals surface area contributed by atoms with Crippen LogP contribution in [-0.4, -0.2) is 46.9 Å². The molecule has 3 unspecified atom stereocenters. The second kappa shape index (κ2) is 32.0. The third kappa shape index (κ3) is 16.7. The zero-order valence-electron chi connectivity index (χ0n) is 53.3. The SMILES string of the molecule is CCCCCCCCC(CCCCCC)CN1C(=O)C2=C(c3ccc(C(C)(C)C)s3)N(CC(CCCCCC)CCCCCCCC)C(=O)C2=C1c1ccc(-c2cc3c(CCCCCC)c(C(O)OC)c4cc(C(C)(C)C)sc4c3s2)s1. The monoisotopic (exact) mass is 1190 g/mol. The molecule has 2 amide bonds. The van der Waals surface area contributed by atoms with Crippen molar-refractivity contribution in [2.24, 2.45) is 11.8 Å². The van der Waals surface area contributed by atoms with E-state index in [1.165, 1.54) is 170 Å². The van der Waals surface area contributed by atoms with E-state index in [2.05, 4.69) is 122 Å². The highest BCUT2D eigenvalue weighted by Gasteiger charge is 2.50. The number of aryl methyl sites for hydroxylation is 1. The number of methoxy groups -OCH3 is 1. The molecule has 1 aromatic carbocycles. The molecular formula is C72H108N2O4S4. The molecule has 0 spiro atoms. The van der Waals surface area contributed by atoms with Gasteiger partial charge in [-0.05, 0) is 109 Å². The highest BCUT2D eigenvalue weighted by atomic mass is 32.1. The number of aliphatic hydroxyl groups is 1. The summed E-state index contributed by atoms with van der Waals surface area (Å²) in [6.45, 7) is 26.3. The molecule has 0 bridgehead atoms. The van der Waals surface area contributed by atoms with Gasteiger partial charge in [-0.3, -0.25) is 9.59 Å². The van der Waals surface area contributed by atoms with Crippen LogP contribution in [-0.2, 0) is 31.6 Å². The van der Waals surface area contributed by atoms with Gasteiger partial charge in [0.1, 0.15) is 0 Å².